The predicted molar refractivity (Wildman–Crippen MR) is 128 cm³/mol. The highest BCUT2D eigenvalue weighted by Crippen LogP contribution is 2.48. The van der Waals surface area contributed by atoms with Crippen LogP contribution >= 0.6 is 0 Å². The van der Waals surface area contributed by atoms with Crippen LogP contribution < -0.4 is 10.1 Å². The first-order valence-electron chi connectivity index (χ1n) is 11.7. The number of ether oxygens (including phenoxy) is 2. The van der Waals surface area contributed by atoms with Gasteiger partial charge in [-0.1, -0.05) is 32.9 Å². The Balaban J connectivity index is 1.91. The van der Waals surface area contributed by atoms with Crippen molar-refractivity contribution in [2.75, 3.05) is 13.7 Å². The minimum Gasteiger partial charge on any atom is -0.495 e. The molecule has 9 heteroatoms. The lowest BCUT2D eigenvalue weighted by atomic mass is 9.67. The zero-order valence-electron chi connectivity index (χ0n) is 20.9. The van der Waals surface area contributed by atoms with Gasteiger partial charge in [0.05, 0.1) is 24.4 Å². The number of alkyl halides is 3. The third-order valence-corrected chi connectivity index (χ3v) is 6.92. The van der Waals surface area contributed by atoms with Crippen molar-refractivity contribution in [3.8, 4) is 5.75 Å². The van der Waals surface area contributed by atoms with E-state index < -0.39 is 24.7 Å². The summed E-state index contributed by atoms with van der Waals surface area (Å²) < 4.78 is 48.7. The van der Waals surface area contributed by atoms with Gasteiger partial charge >= 0.3 is 12.1 Å². The second-order valence-electron chi connectivity index (χ2n) is 10.4. The number of hydrogen-bond acceptors (Lipinski definition) is 6. The van der Waals surface area contributed by atoms with Gasteiger partial charge in [-0.15, -0.1) is 0 Å². The van der Waals surface area contributed by atoms with Crippen LogP contribution in [0.1, 0.15) is 52.0 Å². The Bertz CT molecular complexity index is 1290. The monoisotopic (exact) mass is 502 g/mol. The number of fused-ring (bicyclic) bond motifs is 1. The number of benzene rings is 1. The molecule has 2 aliphatic rings. The van der Waals surface area contributed by atoms with Gasteiger partial charge in [-0.05, 0) is 42.4 Å². The molecule has 2 atom stereocenters. The summed E-state index contributed by atoms with van der Waals surface area (Å²) in [6, 6.07) is 7.04. The molecule has 2 heterocycles. The maximum atomic E-state index is 13.6. The van der Waals surface area contributed by atoms with E-state index in [-0.39, 0.29) is 29.1 Å². The largest absolute Gasteiger partial charge is 0.495 e. The van der Waals surface area contributed by atoms with E-state index in [0.29, 0.717) is 45.6 Å². The van der Waals surface area contributed by atoms with Crippen LogP contribution in [0, 0.1) is 11.3 Å². The van der Waals surface area contributed by atoms with E-state index in [4.69, 9.17) is 4.74 Å². The number of nitrogens with one attached hydrogen (secondary N) is 1. The van der Waals surface area contributed by atoms with Crippen LogP contribution in [0.15, 0.2) is 53.0 Å². The number of Topliss-reactive ketones (excluding diaryl/α,β-unsaturated/α-hetero) is 1. The summed E-state index contributed by atoms with van der Waals surface area (Å²) in [6.45, 7) is 6.12. The molecule has 0 saturated carbocycles. The Hall–Kier alpha value is -3.36. The van der Waals surface area contributed by atoms with Crippen LogP contribution in [0.3, 0.4) is 0 Å². The van der Waals surface area contributed by atoms with Crippen LogP contribution in [0.25, 0.3) is 10.9 Å². The van der Waals surface area contributed by atoms with E-state index >= 15 is 0 Å². The van der Waals surface area contributed by atoms with Crippen LogP contribution in [0.4, 0.5) is 13.2 Å². The van der Waals surface area contributed by atoms with E-state index in [2.05, 4.69) is 35.8 Å². The minimum absolute atomic E-state index is 0.0177. The molecule has 192 valence electrons. The molecular formula is C27H29F3N2O4. The van der Waals surface area contributed by atoms with E-state index in [0.717, 1.165) is 0 Å². The number of methoxy groups -OCH3 is 1. The third kappa shape index (κ3) is 4.96. The zero-order chi connectivity index (χ0) is 26.4. The summed E-state index contributed by atoms with van der Waals surface area (Å²) in [5.74, 6) is -1.63. The number of allylic oxidation sites excluding steroid dienone is 3. The quantitative estimate of drug-likeness (QED) is 0.550. The summed E-state index contributed by atoms with van der Waals surface area (Å²) in [4.78, 5) is 31.1. The molecule has 6 nitrogen and oxygen atoms in total. The van der Waals surface area contributed by atoms with Gasteiger partial charge in [-0.25, -0.2) is 4.79 Å². The highest BCUT2D eigenvalue weighted by Gasteiger charge is 2.44. The average molecular weight is 503 g/mol. The zero-order valence-corrected chi connectivity index (χ0v) is 20.9. The lowest BCUT2D eigenvalue weighted by Gasteiger charge is -2.40. The summed E-state index contributed by atoms with van der Waals surface area (Å²) in [7, 11) is 1.50. The maximum absolute atomic E-state index is 13.6. The lowest BCUT2D eigenvalue weighted by molar-refractivity contribution is -0.183. The van der Waals surface area contributed by atoms with E-state index in [9.17, 15) is 22.8 Å². The minimum atomic E-state index is -4.68. The number of pyridine rings is 1. The van der Waals surface area contributed by atoms with Crippen LogP contribution in [-0.4, -0.2) is 36.6 Å². The Labute approximate surface area is 207 Å². The van der Waals surface area contributed by atoms with Gasteiger partial charge in [0, 0.05) is 34.7 Å². The molecule has 0 fully saturated rings. The molecular weight excluding hydrogens is 473 g/mol. The van der Waals surface area contributed by atoms with Crippen molar-refractivity contribution in [3.05, 3.63) is 58.6 Å². The fourth-order valence-electron chi connectivity index (χ4n) is 4.97. The highest BCUT2D eigenvalue weighted by atomic mass is 19.4. The van der Waals surface area contributed by atoms with Crippen LogP contribution in [-0.2, 0) is 14.3 Å². The van der Waals surface area contributed by atoms with Gasteiger partial charge in [0.25, 0.3) is 0 Å². The molecule has 0 amide bonds. The van der Waals surface area contributed by atoms with Crippen molar-refractivity contribution in [2.24, 2.45) is 11.3 Å². The van der Waals surface area contributed by atoms with Crippen molar-refractivity contribution in [1.29, 1.82) is 0 Å². The summed E-state index contributed by atoms with van der Waals surface area (Å²) in [6.07, 6.45) is -2.27. The number of nitrogens with zero attached hydrogens (tertiary/aromatic N) is 1. The molecule has 0 spiro atoms. The highest BCUT2D eigenvalue weighted by molar-refractivity contribution is 6.05. The first-order valence-corrected chi connectivity index (χ1v) is 11.7. The summed E-state index contributed by atoms with van der Waals surface area (Å²) in [5, 5.41) is 3.80. The SMILES string of the molecule is COc1cnc2cccc([C@H]3C(C(=O)OCC(F)(F)F)=C(C)NC4=C3C(=O)C[C@@H](C(C)(C)C)C4)c2c1. The number of hydrogen-bond donors (Lipinski definition) is 1. The molecule has 1 aromatic carbocycles. The molecule has 36 heavy (non-hydrogen) atoms. The van der Waals surface area contributed by atoms with E-state index in [1.54, 1.807) is 37.4 Å². The van der Waals surface area contributed by atoms with E-state index in [1.165, 1.54) is 7.11 Å². The number of carbonyl (C=O) groups excluding carboxylic acids is 2. The first-order chi connectivity index (χ1) is 16.8. The predicted octanol–water partition coefficient (Wildman–Crippen LogP) is 5.59. The van der Waals surface area contributed by atoms with Crippen molar-refractivity contribution in [2.45, 2.75) is 52.6 Å². The molecule has 0 radical (unpaired) electrons. The normalized spacial score (nSPS) is 20.8. The first kappa shape index (κ1) is 25.7. The number of rotatable bonds is 4. The summed E-state index contributed by atoms with van der Waals surface area (Å²) in [5.41, 5.74) is 2.46. The molecule has 1 aromatic heterocycles. The standard InChI is InChI=1S/C27H29F3N2O4/c1-14-22(25(34)36-13-27(28,29)30)23(17-7-6-8-19-18(17)11-16(35-5)12-31-19)24-20(32-14)9-15(10-21(24)33)26(2,3)4/h6-8,11-12,15,23,32H,9-10,13H2,1-5H3/t15-,23-/m0/s1. The Morgan fingerprint density at radius 1 is 1.19 bits per heavy atom. The molecule has 2 aromatic rings. The molecule has 0 saturated heterocycles. The fourth-order valence-corrected chi connectivity index (χ4v) is 4.97. The van der Waals surface area contributed by atoms with Crippen LogP contribution in [0.5, 0.6) is 5.75 Å². The topological polar surface area (TPSA) is 77.5 Å². The van der Waals surface area contributed by atoms with Gasteiger partial charge in [-0.3, -0.25) is 9.78 Å². The number of halogens is 3. The van der Waals surface area contributed by atoms with Crippen molar-refractivity contribution in [3.63, 3.8) is 0 Å². The van der Waals surface area contributed by atoms with Crippen LogP contribution in [0.2, 0.25) is 0 Å². The molecule has 4 rings (SSSR count). The second kappa shape index (κ2) is 9.26. The number of aromatic nitrogens is 1. The van der Waals surface area contributed by atoms with Gasteiger partial charge in [0.2, 0.25) is 0 Å². The fraction of sp³-hybridized carbons (Fsp3) is 0.444. The Kier molecular flexibility index (Phi) is 6.62. The number of dihydropyridines is 1. The van der Waals surface area contributed by atoms with Gasteiger partial charge < -0.3 is 14.8 Å². The number of carbonyl (C=O) groups is 2. The molecule has 1 aliphatic heterocycles. The Morgan fingerprint density at radius 2 is 1.92 bits per heavy atom. The van der Waals surface area contributed by atoms with Crippen molar-refractivity contribution >= 4 is 22.7 Å². The van der Waals surface area contributed by atoms with Crippen molar-refractivity contribution in [1.82, 2.24) is 10.3 Å². The number of esters is 1. The number of ketones is 1. The van der Waals surface area contributed by atoms with Gasteiger partial charge in [0.1, 0.15) is 5.75 Å². The average Bonchev–Trinajstić information content (AvgIpc) is 2.79. The van der Waals surface area contributed by atoms with Crippen molar-refractivity contribution < 1.29 is 32.2 Å². The van der Waals surface area contributed by atoms with Gasteiger partial charge in [0.15, 0.2) is 12.4 Å². The molecule has 1 aliphatic carbocycles. The van der Waals surface area contributed by atoms with Gasteiger partial charge in [-0.2, -0.15) is 13.2 Å². The maximum Gasteiger partial charge on any atom is 0.422 e. The van der Waals surface area contributed by atoms with E-state index in [1.807, 2.05) is 0 Å². The summed E-state index contributed by atoms with van der Waals surface area (Å²) >= 11 is 0. The Morgan fingerprint density at radius 3 is 2.56 bits per heavy atom. The smallest absolute Gasteiger partial charge is 0.422 e. The second-order valence-corrected chi connectivity index (χ2v) is 10.4. The molecule has 0 unspecified atom stereocenters. The third-order valence-electron chi connectivity index (χ3n) is 6.92. The molecule has 0 bridgehead atoms. The molecule has 1 N–H and O–H groups in total. The lowest BCUT2D eigenvalue weighted by Crippen LogP contribution is -2.39.